The molecule has 3 aromatic rings. The van der Waals surface area contributed by atoms with Crippen LogP contribution >= 0.6 is 0 Å². The molecular formula is C13H10N4O. The van der Waals surface area contributed by atoms with E-state index in [1.165, 1.54) is 0 Å². The number of aromatic nitrogens is 3. The number of anilines is 2. The highest BCUT2D eigenvalue weighted by atomic mass is 16.3. The van der Waals surface area contributed by atoms with Crippen LogP contribution < -0.4 is 5.32 Å². The Labute approximate surface area is 104 Å². The summed E-state index contributed by atoms with van der Waals surface area (Å²) in [6.45, 7) is 0. The van der Waals surface area contributed by atoms with E-state index in [9.17, 15) is 0 Å². The molecule has 0 aliphatic carbocycles. The maximum atomic E-state index is 5.15. The van der Waals surface area contributed by atoms with Crippen LogP contribution in [0.1, 0.15) is 0 Å². The van der Waals surface area contributed by atoms with Crippen molar-refractivity contribution in [3.63, 3.8) is 0 Å². The molecule has 0 aliphatic rings. The normalized spacial score (nSPS) is 10.2. The molecule has 0 saturated heterocycles. The van der Waals surface area contributed by atoms with Crippen molar-refractivity contribution in [2.24, 2.45) is 0 Å². The van der Waals surface area contributed by atoms with Crippen molar-refractivity contribution in [3.8, 4) is 11.1 Å². The van der Waals surface area contributed by atoms with Gasteiger partial charge in [0.05, 0.1) is 6.26 Å². The zero-order valence-electron chi connectivity index (χ0n) is 9.45. The molecule has 0 aromatic carbocycles. The fraction of sp³-hybridized carbons (Fsp3) is 0. The Morgan fingerprint density at radius 1 is 0.944 bits per heavy atom. The molecule has 3 rings (SSSR count). The average molecular weight is 238 g/mol. The maximum Gasteiger partial charge on any atom is 0.229 e. The first-order valence-electron chi connectivity index (χ1n) is 5.45. The third-order valence-electron chi connectivity index (χ3n) is 2.42. The molecule has 0 bridgehead atoms. The van der Waals surface area contributed by atoms with Crippen LogP contribution in [0.3, 0.4) is 0 Å². The van der Waals surface area contributed by atoms with Gasteiger partial charge < -0.3 is 4.42 Å². The number of nitrogens with one attached hydrogen (secondary N) is 1. The van der Waals surface area contributed by atoms with Gasteiger partial charge in [0.15, 0.2) is 5.88 Å². The summed E-state index contributed by atoms with van der Waals surface area (Å²) >= 11 is 0. The Balaban J connectivity index is 1.81. The summed E-state index contributed by atoms with van der Waals surface area (Å²) in [4.78, 5) is 12.4. The molecular weight excluding hydrogens is 228 g/mol. The lowest BCUT2D eigenvalue weighted by molar-refractivity contribution is 0.584. The quantitative estimate of drug-likeness (QED) is 0.760. The van der Waals surface area contributed by atoms with Crippen molar-refractivity contribution < 1.29 is 4.42 Å². The van der Waals surface area contributed by atoms with E-state index in [0.29, 0.717) is 11.8 Å². The summed E-state index contributed by atoms with van der Waals surface area (Å²) in [5.74, 6) is 1.12. The largest absolute Gasteiger partial charge is 0.449 e. The van der Waals surface area contributed by atoms with E-state index in [0.717, 1.165) is 11.1 Å². The van der Waals surface area contributed by atoms with Crippen molar-refractivity contribution >= 4 is 11.8 Å². The lowest BCUT2D eigenvalue weighted by atomic mass is 10.1. The second-order valence-electron chi connectivity index (χ2n) is 3.63. The number of hydrogen-bond acceptors (Lipinski definition) is 5. The summed E-state index contributed by atoms with van der Waals surface area (Å²) in [6.07, 6.45) is 8.59. The molecule has 0 unspecified atom stereocenters. The average Bonchev–Trinajstić information content (AvgIpc) is 2.94. The molecule has 5 heteroatoms. The van der Waals surface area contributed by atoms with Crippen LogP contribution in [0, 0.1) is 0 Å². The number of hydrogen-bond donors (Lipinski definition) is 1. The first-order chi connectivity index (χ1) is 8.92. The minimum absolute atomic E-state index is 0.503. The van der Waals surface area contributed by atoms with Gasteiger partial charge in [-0.3, -0.25) is 10.3 Å². The fourth-order valence-electron chi connectivity index (χ4n) is 1.55. The number of furan rings is 1. The van der Waals surface area contributed by atoms with Gasteiger partial charge in [0.25, 0.3) is 0 Å². The lowest BCUT2D eigenvalue weighted by Gasteiger charge is -2.03. The molecule has 0 fully saturated rings. The lowest BCUT2D eigenvalue weighted by Crippen LogP contribution is -1.95. The van der Waals surface area contributed by atoms with Crippen LogP contribution in [0.5, 0.6) is 0 Å². The molecule has 0 radical (unpaired) electrons. The van der Waals surface area contributed by atoms with E-state index in [2.05, 4.69) is 20.3 Å². The van der Waals surface area contributed by atoms with E-state index < -0.39 is 0 Å². The molecule has 3 aromatic heterocycles. The Bertz CT molecular complexity index is 605. The Kier molecular flexibility index (Phi) is 2.71. The summed E-state index contributed by atoms with van der Waals surface area (Å²) in [7, 11) is 0. The predicted molar refractivity (Wildman–Crippen MR) is 67.3 cm³/mol. The van der Waals surface area contributed by atoms with Crippen LogP contribution in [0.2, 0.25) is 0 Å². The highest BCUT2D eigenvalue weighted by Gasteiger charge is 2.01. The van der Waals surface area contributed by atoms with Crippen LogP contribution in [0.4, 0.5) is 11.8 Å². The second kappa shape index (κ2) is 4.67. The monoisotopic (exact) mass is 238 g/mol. The summed E-state index contributed by atoms with van der Waals surface area (Å²) < 4.78 is 5.15. The van der Waals surface area contributed by atoms with Crippen LogP contribution in [0.15, 0.2) is 59.7 Å². The zero-order chi connectivity index (χ0) is 12.2. The SMILES string of the molecule is c1coc(Nc2ncc(-c3ccncc3)cn2)c1. The topological polar surface area (TPSA) is 63.8 Å². The zero-order valence-corrected chi connectivity index (χ0v) is 9.45. The third kappa shape index (κ3) is 2.20. The molecule has 0 spiro atoms. The van der Waals surface area contributed by atoms with Gasteiger partial charge in [-0.05, 0) is 23.8 Å². The van der Waals surface area contributed by atoms with E-state index in [4.69, 9.17) is 4.42 Å². The molecule has 0 atom stereocenters. The van der Waals surface area contributed by atoms with Gasteiger partial charge in [0.1, 0.15) is 0 Å². The van der Waals surface area contributed by atoms with Crippen molar-refractivity contribution in [2.75, 3.05) is 5.32 Å². The molecule has 88 valence electrons. The predicted octanol–water partition coefficient (Wildman–Crippen LogP) is 2.88. The smallest absolute Gasteiger partial charge is 0.229 e. The molecule has 0 saturated carbocycles. The molecule has 0 amide bonds. The highest BCUT2D eigenvalue weighted by molar-refractivity contribution is 5.61. The summed E-state index contributed by atoms with van der Waals surface area (Å²) in [5, 5.41) is 2.96. The number of rotatable bonds is 3. The molecule has 3 heterocycles. The number of pyridine rings is 1. The third-order valence-corrected chi connectivity index (χ3v) is 2.42. The summed E-state index contributed by atoms with van der Waals surface area (Å²) in [6, 6.07) is 7.43. The Morgan fingerprint density at radius 2 is 1.72 bits per heavy atom. The van der Waals surface area contributed by atoms with Crippen molar-refractivity contribution in [3.05, 3.63) is 55.3 Å². The highest BCUT2D eigenvalue weighted by Crippen LogP contribution is 2.18. The van der Waals surface area contributed by atoms with Gasteiger partial charge in [-0.1, -0.05) is 0 Å². The Hall–Kier alpha value is -2.69. The molecule has 1 N–H and O–H groups in total. The standard InChI is InChI=1S/C13H10N4O/c1-2-12(18-7-1)17-13-15-8-11(9-16-13)10-3-5-14-6-4-10/h1-9H,(H,15,16,17). The minimum atomic E-state index is 0.503. The van der Waals surface area contributed by atoms with Crippen LogP contribution in [-0.2, 0) is 0 Å². The van der Waals surface area contributed by atoms with E-state index in [-0.39, 0.29) is 0 Å². The fourth-order valence-corrected chi connectivity index (χ4v) is 1.55. The molecule has 5 nitrogen and oxygen atoms in total. The van der Waals surface area contributed by atoms with E-state index >= 15 is 0 Å². The van der Waals surface area contributed by atoms with E-state index in [1.54, 1.807) is 43.2 Å². The minimum Gasteiger partial charge on any atom is -0.449 e. The van der Waals surface area contributed by atoms with Gasteiger partial charge in [-0.2, -0.15) is 0 Å². The van der Waals surface area contributed by atoms with E-state index in [1.807, 2.05) is 12.1 Å². The van der Waals surface area contributed by atoms with Crippen molar-refractivity contribution in [1.82, 2.24) is 15.0 Å². The van der Waals surface area contributed by atoms with Gasteiger partial charge in [0.2, 0.25) is 5.95 Å². The van der Waals surface area contributed by atoms with Crippen molar-refractivity contribution in [1.29, 1.82) is 0 Å². The van der Waals surface area contributed by atoms with Crippen molar-refractivity contribution in [2.45, 2.75) is 0 Å². The first-order valence-corrected chi connectivity index (χ1v) is 5.45. The van der Waals surface area contributed by atoms with Gasteiger partial charge >= 0.3 is 0 Å². The molecule has 18 heavy (non-hydrogen) atoms. The molecule has 0 aliphatic heterocycles. The van der Waals surface area contributed by atoms with Gasteiger partial charge in [0, 0.05) is 36.4 Å². The first kappa shape index (κ1) is 10.5. The van der Waals surface area contributed by atoms with Gasteiger partial charge in [-0.15, -0.1) is 0 Å². The van der Waals surface area contributed by atoms with Crippen LogP contribution in [-0.4, -0.2) is 15.0 Å². The Morgan fingerprint density at radius 3 is 2.39 bits per heavy atom. The maximum absolute atomic E-state index is 5.15. The summed E-state index contributed by atoms with van der Waals surface area (Å²) in [5.41, 5.74) is 1.98. The second-order valence-corrected chi connectivity index (χ2v) is 3.63. The number of nitrogens with zero attached hydrogens (tertiary/aromatic N) is 3. The van der Waals surface area contributed by atoms with Crippen LogP contribution in [0.25, 0.3) is 11.1 Å². The van der Waals surface area contributed by atoms with Gasteiger partial charge in [-0.25, -0.2) is 9.97 Å².